The Kier molecular flexibility index (Phi) is 9.15. The molecule has 0 bridgehead atoms. The SMILES string of the molecule is COc1ccc(C(CNC(=O)C(NC(=O)c2ccccc2Cl)C(C)C)N2CCCCC2)cc1. The molecular formula is C26H34ClN3O3. The molecule has 3 rings (SSSR count). The third-order valence-corrected chi connectivity index (χ3v) is 6.49. The van der Waals surface area contributed by atoms with E-state index in [-0.39, 0.29) is 23.8 Å². The second kappa shape index (κ2) is 12.1. The number of ether oxygens (including phenoxy) is 1. The molecule has 1 fully saturated rings. The van der Waals surface area contributed by atoms with Crippen molar-refractivity contribution in [3.05, 3.63) is 64.7 Å². The highest BCUT2D eigenvalue weighted by molar-refractivity contribution is 6.33. The smallest absolute Gasteiger partial charge is 0.253 e. The van der Waals surface area contributed by atoms with Crippen LogP contribution in [0, 0.1) is 5.92 Å². The van der Waals surface area contributed by atoms with E-state index in [0.717, 1.165) is 37.2 Å². The van der Waals surface area contributed by atoms with Gasteiger partial charge in [0.25, 0.3) is 5.91 Å². The van der Waals surface area contributed by atoms with Gasteiger partial charge < -0.3 is 15.4 Å². The second-order valence-electron chi connectivity index (χ2n) is 8.81. The number of likely N-dealkylation sites (tertiary alicyclic amines) is 1. The predicted molar refractivity (Wildman–Crippen MR) is 132 cm³/mol. The van der Waals surface area contributed by atoms with E-state index in [1.165, 1.54) is 6.42 Å². The molecule has 0 aromatic heterocycles. The first-order valence-electron chi connectivity index (χ1n) is 11.6. The summed E-state index contributed by atoms with van der Waals surface area (Å²) in [5, 5.41) is 6.33. The number of methoxy groups -OCH3 is 1. The zero-order chi connectivity index (χ0) is 23.8. The maximum atomic E-state index is 13.2. The lowest BCUT2D eigenvalue weighted by atomic mass is 10.00. The molecule has 2 aromatic carbocycles. The normalized spacial score (nSPS) is 16.2. The largest absolute Gasteiger partial charge is 0.497 e. The molecule has 0 aliphatic carbocycles. The molecule has 2 atom stereocenters. The highest BCUT2D eigenvalue weighted by Gasteiger charge is 2.28. The summed E-state index contributed by atoms with van der Waals surface area (Å²) in [7, 11) is 1.65. The van der Waals surface area contributed by atoms with Gasteiger partial charge in [-0.15, -0.1) is 0 Å². The number of carbonyl (C=O) groups is 2. The van der Waals surface area contributed by atoms with Crippen LogP contribution in [-0.4, -0.2) is 49.5 Å². The number of amides is 2. The Morgan fingerprint density at radius 3 is 2.30 bits per heavy atom. The average Bonchev–Trinajstić information content (AvgIpc) is 2.83. The van der Waals surface area contributed by atoms with Crippen molar-refractivity contribution in [2.75, 3.05) is 26.7 Å². The lowest BCUT2D eigenvalue weighted by Gasteiger charge is -2.35. The van der Waals surface area contributed by atoms with Gasteiger partial charge in [0.2, 0.25) is 5.91 Å². The lowest BCUT2D eigenvalue weighted by Crippen LogP contribution is -2.51. The molecule has 1 heterocycles. The Hall–Kier alpha value is -2.57. The van der Waals surface area contributed by atoms with Crippen molar-refractivity contribution in [1.82, 2.24) is 15.5 Å². The number of halogens is 1. The van der Waals surface area contributed by atoms with E-state index in [1.807, 2.05) is 26.0 Å². The minimum absolute atomic E-state index is 0.0623. The van der Waals surface area contributed by atoms with Gasteiger partial charge in [-0.3, -0.25) is 14.5 Å². The van der Waals surface area contributed by atoms with Crippen LogP contribution >= 0.6 is 11.6 Å². The number of rotatable bonds is 9. The summed E-state index contributed by atoms with van der Waals surface area (Å²) in [5.74, 6) is 0.186. The van der Waals surface area contributed by atoms with Gasteiger partial charge >= 0.3 is 0 Å². The summed E-state index contributed by atoms with van der Waals surface area (Å²) in [4.78, 5) is 28.3. The van der Waals surface area contributed by atoms with Gasteiger partial charge in [0.1, 0.15) is 11.8 Å². The molecular weight excluding hydrogens is 438 g/mol. The molecule has 2 amide bonds. The van der Waals surface area contributed by atoms with Crippen molar-refractivity contribution < 1.29 is 14.3 Å². The van der Waals surface area contributed by atoms with Crippen LogP contribution in [0.4, 0.5) is 0 Å². The van der Waals surface area contributed by atoms with Gasteiger partial charge in [-0.1, -0.05) is 56.1 Å². The Bertz CT molecular complexity index is 927. The minimum atomic E-state index is -0.661. The molecule has 2 unspecified atom stereocenters. The molecule has 178 valence electrons. The molecule has 7 heteroatoms. The maximum Gasteiger partial charge on any atom is 0.253 e. The van der Waals surface area contributed by atoms with Crippen LogP contribution in [0.25, 0.3) is 0 Å². The fraction of sp³-hybridized carbons (Fsp3) is 0.462. The summed E-state index contributed by atoms with van der Waals surface area (Å²) in [6.45, 7) is 6.31. The van der Waals surface area contributed by atoms with Crippen molar-refractivity contribution in [2.45, 2.75) is 45.2 Å². The van der Waals surface area contributed by atoms with E-state index >= 15 is 0 Å². The first-order valence-corrected chi connectivity index (χ1v) is 12.0. The Balaban J connectivity index is 1.71. The monoisotopic (exact) mass is 471 g/mol. The van der Waals surface area contributed by atoms with E-state index < -0.39 is 6.04 Å². The van der Waals surface area contributed by atoms with Gasteiger partial charge in [-0.2, -0.15) is 0 Å². The van der Waals surface area contributed by atoms with Gasteiger partial charge in [-0.25, -0.2) is 0 Å². The zero-order valence-corrected chi connectivity index (χ0v) is 20.4. The zero-order valence-electron chi connectivity index (χ0n) is 19.6. The summed E-state index contributed by atoms with van der Waals surface area (Å²) >= 11 is 6.16. The average molecular weight is 472 g/mol. The number of hydrogen-bond donors (Lipinski definition) is 2. The summed E-state index contributed by atoms with van der Waals surface area (Å²) in [6, 6.07) is 14.3. The molecule has 2 aromatic rings. The van der Waals surface area contributed by atoms with E-state index in [4.69, 9.17) is 16.3 Å². The fourth-order valence-electron chi connectivity index (χ4n) is 4.22. The van der Waals surface area contributed by atoms with Crippen LogP contribution in [0.2, 0.25) is 5.02 Å². The van der Waals surface area contributed by atoms with Crippen LogP contribution < -0.4 is 15.4 Å². The molecule has 2 N–H and O–H groups in total. The number of piperidine rings is 1. The number of carbonyl (C=O) groups excluding carboxylic acids is 2. The second-order valence-corrected chi connectivity index (χ2v) is 9.21. The summed E-state index contributed by atoms with van der Waals surface area (Å²) in [5.41, 5.74) is 1.50. The van der Waals surface area contributed by atoms with Crippen LogP contribution in [0.3, 0.4) is 0 Å². The highest BCUT2D eigenvalue weighted by Crippen LogP contribution is 2.26. The Morgan fingerprint density at radius 1 is 1.03 bits per heavy atom. The minimum Gasteiger partial charge on any atom is -0.497 e. The molecule has 0 saturated carbocycles. The summed E-state index contributed by atoms with van der Waals surface area (Å²) < 4.78 is 5.30. The number of hydrogen-bond acceptors (Lipinski definition) is 4. The molecule has 0 spiro atoms. The fourth-order valence-corrected chi connectivity index (χ4v) is 4.44. The molecule has 1 aliphatic heterocycles. The molecule has 1 aliphatic rings. The van der Waals surface area contributed by atoms with Crippen LogP contribution in [0.15, 0.2) is 48.5 Å². The van der Waals surface area contributed by atoms with Crippen LogP contribution in [0.5, 0.6) is 5.75 Å². The van der Waals surface area contributed by atoms with Gasteiger partial charge in [0, 0.05) is 6.54 Å². The van der Waals surface area contributed by atoms with Crippen molar-refractivity contribution >= 4 is 23.4 Å². The topological polar surface area (TPSA) is 70.7 Å². The van der Waals surface area contributed by atoms with E-state index in [2.05, 4.69) is 27.7 Å². The first-order chi connectivity index (χ1) is 15.9. The van der Waals surface area contributed by atoms with Crippen molar-refractivity contribution in [3.63, 3.8) is 0 Å². The maximum absolute atomic E-state index is 13.2. The van der Waals surface area contributed by atoms with E-state index in [9.17, 15) is 9.59 Å². The summed E-state index contributed by atoms with van der Waals surface area (Å²) in [6.07, 6.45) is 3.55. The third kappa shape index (κ3) is 6.71. The predicted octanol–water partition coefficient (Wildman–Crippen LogP) is 4.45. The van der Waals surface area contributed by atoms with Crippen molar-refractivity contribution in [2.24, 2.45) is 5.92 Å². The van der Waals surface area contributed by atoms with Crippen molar-refractivity contribution in [1.29, 1.82) is 0 Å². The number of benzene rings is 2. The van der Waals surface area contributed by atoms with Gasteiger partial charge in [0.15, 0.2) is 0 Å². The van der Waals surface area contributed by atoms with Crippen LogP contribution in [-0.2, 0) is 4.79 Å². The number of nitrogens with zero attached hydrogens (tertiary/aromatic N) is 1. The standard InChI is InChI=1S/C26H34ClN3O3/c1-18(2)24(29-25(31)21-9-5-6-10-22(21)27)26(32)28-17-23(30-15-7-4-8-16-30)19-11-13-20(33-3)14-12-19/h5-6,9-14,18,23-24H,4,7-8,15-17H2,1-3H3,(H,28,32)(H,29,31). The lowest BCUT2D eigenvalue weighted by molar-refractivity contribution is -0.124. The van der Waals surface area contributed by atoms with Gasteiger partial charge in [0.05, 0.1) is 23.7 Å². The third-order valence-electron chi connectivity index (χ3n) is 6.16. The Morgan fingerprint density at radius 2 is 1.70 bits per heavy atom. The first kappa shape index (κ1) is 25.1. The van der Waals surface area contributed by atoms with E-state index in [0.29, 0.717) is 17.1 Å². The highest BCUT2D eigenvalue weighted by atomic mass is 35.5. The Labute approximate surface area is 201 Å². The number of nitrogens with one attached hydrogen (secondary N) is 2. The van der Waals surface area contributed by atoms with Crippen LogP contribution in [0.1, 0.15) is 55.1 Å². The van der Waals surface area contributed by atoms with Crippen molar-refractivity contribution in [3.8, 4) is 5.75 Å². The molecule has 6 nitrogen and oxygen atoms in total. The van der Waals surface area contributed by atoms with E-state index in [1.54, 1.807) is 31.4 Å². The molecule has 0 radical (unpaired) electrons. The molecule has 33 heavy (non-hydrogen) atoms. The quantitative estimate of drug-likeness (QED) is 0.567. The molecule has 1 saturated heterocycles. The van der Waals surface area contributed by atoms with Gasteiger partial charge in [-0.05, 0) is 61.7 Å².